The summed E-state index contributed by atoms with van der Waals surface area (Å²) in [6.45, 7) is 6.03. The maximum absolute atomic E-state index is 12.3. The lowest BCUT2D eigenvalue weighted by atomic mass is 10.1. The smallest absolute Gasteiger partial charge is 0.268 e. The fraction of sp³-hybridized carbons (Fsp3) is 0.143. The van der Waals surface area contributed by atoms with Crippen LogP contribution in [0.25, 0.3) is 12.3 Å². The SMILES string of the molecule is C=c1sc(=C2Oc3ccccc3C2=O)n(CC)c1=O. The van der Waals surface area contributed by atoms with Crippen molar-refractivity contribution in [2.75, 3.05) is 0 Å². The van der Waals surface area contributed by atoms with E-state index >= 15 is 0 Å². The molecule has 96 valence electrons. The average Bonchev–Trinajstić information content (AvgIpc) is 2.89. The number of ether oxygens (including phenoxy) is 1. The monoisotopic (exact) mass is 273 g/mol. The number of rotatable bonds is 1. The van der Waals surface area contributed by atoms with Crippen LogP contribution in [0.4, 0.5) is 0 Å². The van der Waals surface area contributed by atoms with E-state index in [1.165, 1.54) is 15.9 Å². The Hall–Kier alpha value is -2.14. The highest BCUT2D eigenvalue weighted by Gasteiger charge is 2.29. The van der Waals surface area contributed by atoms with Crippen LogP contribution in [0, 0.1) is 0 Å². The van der Waals surface area contributed by atoms with Crippen LogP contribution in [0.3, 0.4) is 0 Å². The summed E-state index contributed by atoms with van der Waals surface area (Å²) in [5.74, 6) is 0.579. The molecule has 0 unspecified atom stereocenters. The molecule has 3 rings (SSSR count). The minimum Gasteiger partial charge on any atom is -0.449 e. The lowest BCUT2D eigenvalue weighted by Crippen LogP contribution is -2.31. The zero-order valence-electron chi connectivity index (χ0n) is 10.3. The standard InChI is InChI=1S/C14H11NO3S/c1-3-15-13(17)8(2)19-14(15)12-11(16)9-6-4-5-7-10(9)18-12/h4-7H,2-3H2,1H3. The number of nitrogens with zero attached hydrogens (tertiary/aromatic N) is 1. The van der Waals surface area contributed by atoms with Gasteiger partial charge < -0.3 is 4.74 Å². The lowest BCUT2D eigenvalue weighted by molar-refractivity contribution is 0.104. The van der Waals surface area contributed by atoms with Gasteiger partial charge in [-0.05, 0) is 19.1 Å². The molecule has 0 radical (unpaired) electrons. The third-order valence-electron chi connectivity index (χ3n) is 3.01. The topological polar surface area (TPSA) is 48.3 Å². The van der Waals surface area contributed by atoms with Crippen molar-refractivity contribution in [1.82, 2.24) is 4.57 Å². The highest BCUT2D eigenvalue weighted by Crippen LogP contribution is 2.30. The van der Waals surface area contributed by atoms with Gasteiger partial charge in [-0.1, -0.05) is 18.7 Å². The summed E-state index contributed by atoms with van der Waals surface area (Å²) < 4.78 is 8.08. The number of aromatic nitrogens is 1. The van der Waals surface area contributed by atoms with Crippen molar-refractivity contribution in [2.24, 2.45) is 0 Å². The third-order valence-corrected chi connectivity index (χ3v) is 4.03. The maximum Gasteiger partial charge on any atom is 0.268 e. The molecule has 0 fully saturated rings. The first kappa shape index (κ1) is 11.9. The predicted molar refractivity (Wildman–Crippen MR) is 73.8 cm³/mol. The summed E-state index contributed by atoms with van der Waals surface area (Å²) in [7, 11) is 0. The highest BCUT2D eigenvalue weighted by molar-refractivity contribution is 7.07. The van der Waals surface area contributed by atoms with Crippen molar-refractivity contribution in [3.63, 3.8) is 0 Å². The number of ketones is 1. The second-order valence-electron chi connectivity index (χ2n) is 4.14. The number of para-hydroxylation sites is 1. The van der Waals surface area contributed by atoms with Gasteiger partial charge in [0.2, 0.25) is 11.5 Å². The van der Waals surface area contributed by atoms with Gasteiger partial charge in [0.05, 0.1) is 10.1 Å². The number of hydrogen-bond donors (Lipinski definition) is 0. The van der Waals surface area contributed by atoms with E-state index in [0.717, 1.165) is 0 Å². The van der Waals surface area contributed by atoms with Crippen molar-refractivity contribution in [2.45, 2.75) is 13.5 Å². The van der Waals surface area contributed by atoms with Crippen LogP contribution in [0.5, 0.6) is 5.75 Å². The number of carbonyl (C=O) groups excluding carboxylic acids is 1. The van der Waals surface area contributed by atoms with E-state index in [0.29, 0.717) is 27.1 Å². The molecule has 4 nitrogen and oxygen atoms in total. The highest BCUT2D eigenvalue weighted by atomic mass is 32.1. The molecule has 0 amide bonds. The Bertz CT molecular complexity index is 844. The Balaban J connectivity index is 2.34. The summed E-state index contributed by atoms with van der Waals surface area (Å²) in [5.41, 5.74) is 0.369. The fourth-order valence-corrected chi connectivity index (χ4v) is 3.06. The van der Waals surface area contributed by atoms with E-state index in [-0.39, 0.29) is 17.1 Å². The molecule has 1 aromatic carbocycles. The molecule has 1 aromatic heterocycles. The zero-order chi connectivity index (χ0) is 13.6. The van der Waals surface area contributed by atoms with Gasteiger partial charge in [0.15, 0.2) is 0 Å². The summed E-state index contributed by atoms with van der Waals surface area (Å²) in [6, 6.07) is 7.06. The second-order valence-corrected chi connectivity index (χ2v) is 5.22. The van der Waals surface area contributed by atoms with E-state index in [4.69, 9.17) is 4.74 Å². The van der Waals surface area contributed by atoms with Crippen molar-refractivity contribution >= 4 is 29.5 Å². The molecular weight excluding hydrogens is 262 g/mol. The van der Waals surface area contributed by atoms with Crippen LogP contribution >= 0.6 is 11.3 Å². The van der Waals surface area contributed by atoms with Gasteiger partial charge in [0.25, 0.3) is 5.56 Å². The maximum atomic E-state index is 12.3. The van der Waals surface area contributed by atoms with E-state index in [9.17, 15) is 9.59 Å². The molecule has 2 heterocycles. The average molecular weight is 273 g/mol. The number of hydrogen-bond acceptors (Lipinski definition) is 4. The summed E-state index contributed by atoms with van der Waals surface area (Å²) >= 11 is 1.19. The van der Waals surface area contributed by atoms with Gasteiger partial charge in [-0.3, -0.25) is 14.2 Å². The van der Waals surface area contributed by atoms with Crippen LogP contribution in [0.1, 0.15) is 17.3 Å². The van der Waals surface area contributed by atoms with Crippen molar-refractivity contribution in [3.05, 3.63) is 49.4 Å². The van der Waals surface area contributed by atoms with Crippen LogP contribution in [-0.2, 0) is 6.54 Å². The molecule has 1 aliphatic rings. The Morgan fingerprint density at radius 2 is 2.05 bits per heavy atom. The van der Waals surface area contributed by atoms with Gasteiger partial charge >= 0.3 is 0 Å². The number of thiazole rings is 1. The number of carbonyl (C=O) groups is 1. The van der Waals surface area contributed by atoms with Gasteiger partial charge in [-0.15, -0.1) is 11.3 Å². The van der Waals surface area contributed by atoms with E-state index in [1.807, 2.05) is 13.0 Å². The van der Waals surface area contributed by atoms with Crippen LogP contribution < -0.4 is 19.5 Å². The van der Waals surface area contributed by atoms with E-state index < -0.39 is 0 Å². The van der Waals surface area contributed by atoms with Gasteiger partial charge in [0.1, 0.15) is 10.4 Å². The predicted octanol–water partition coefficient (Wildman–Crippen LogP) is 0.723. The molecule has 2 aromatic rings. The summed E-state index contributed by atoms with van der Waals surface area (Å²) in [6.07, 6.45) is 0. The van der Waals surface area contributed by atoms with Gasteiger partial charge in [-0.2, -0.15) is 0 Å². The Labute approximate surface area is 112 Å². The molecule has 0 saturated carbocycles. The Morgan fingerprint density at radius 1 is 1.32 bits per heavy atom. The normalized spacial score (nSPS) is 16.4. The van der Waals surface area contributed by atoms with Gasteiger partial charge in [0, 0.05) is 6.54 Å². The lowest BCUT2D eigenvalue weighted by Gasteiger charge is -1.99. The zero-order valence-corrected chi connectivity index (χ0v) is 11.1. The quantitative estimate of drug-likeness (QED) is 0.769. The Kier molecular flexibility index (Phi) is 2.64. The molecule has 5 heteroatoms. The van der Waals surface area contributed by atoms with Crippen molar-refractivity contribution in [3.8, 4) is 5.75 Å². The first-order valence-corrected chi connectivity index (χ1v) is 6.69. The van der Waals surface area contributed by atoms with Crippen LogP contribution in [0.15, 0.2) is 29.1 Å². The second kappa shape index (κ2) is 4.20. The van der Waals surface area contributed by atoms with Crippen LogP contribution in [-0.4, -0.2) is 10.4 Å². The number of Topliss-reactive ketones (excluding diaryl/α,β-unsaturated/α-hetero) is 1. The van der Waals surface area contributed by atoms with E-state index in [1.54, 1.807) is 18.2 Å². The summed E-state index contributed by atoms with van der Waals surface area (Å²) in [4.78, 5) is 24.2. The largest absolute Gasteiger partial charge is 0.449 e. The number of benzene rings is 1. The van der Waals surface area contributed by atoms with Crippen molar-refractivity contribution < 1.29 is 9.53 Å². The Morgan fingerprint density at radius 3 is 2.74 bits per heavy atom. The molecule has 0 bridgehead atoms. The van der Waals surface area contributed by atoms with Crippen LogP contribution in [0.2, 0.25) is 0 Å². The van der Waals surface area contributed by atoms with Crippen molar-refractivity contribution in [1.29, 1.82) is 0 Å². The third kappa shape index (κ3) is 1.66. The minimum absolute atomic E-state index is 0.164. The molecule has 0 saturated heterocycles. The molecule has 0 spiro atoms. The molecule has 1 aliphatic heterocycles. The number of fused-ring (bicyclic) bond motifs is 1. The van der Waals surface area contributed by atoms with E-state index in [2.05, 4.69) is 6.58 Å². The minimum atomic E-state index is -0.181. The first-order chi connectivity index (χ1) is 9.13. The molecule has 0 atom stereocenters. The first-order valence-electron chi connectivity index (χ1n) is 5.88. The fourth-order valence-electron chi connectivity index (χ4n) is 2.08. The summed E-state index contributed by atoms with van der Waals surface area (Å²) in [5, 5.41) is 0. The molecule has 0 aliphatic carbocycles. The molecule has 0 N–H and O–H groups in total. The van der Waals surface area contributed by atoms with Gasteiger partial charge in [-0.25, -0.2) is 0 Å². The molecule has 19 heavy (non-hydrogen) atoms. The molecular formula is C14H11NO3S.